The SMILES string of the molecule is CN=C(NCCOc1cccnc1)N1CCC(c2ccccc2)C1.I. The van der Waals surface area contributed by atoms with Gasteiger partial charge in [-0.25, -0.2) is 0 Å². The third kappa shape index (κ3) is 5.59. The summed E-state index contributed by atoms with van der Waals surface area (Å²) in [4.78, 5) is 10.8. The van der Waals surface area contributed by atoms with Gasteiger partial charge in [-0.3, -0.25) is 9.98 Å². The third-order valence-corrected chi connectivity index (χ3v) is 4.26. The van der Waals surface area contributed by atoms with Gasteiger partial charge in [0.15, 0.2) is 5.96 Å². The van der Waals surface area contributed by atoms with E-state index in [1.807, 2.05) is 19.2 Å². The van der Waals surface area contributed by atoms with Crippen molar-refractivity contribution < 1.29 is 4.74 Å². The summed E-state index contributed by atoms with van der Waals surface area (Å²) in [5.74, 6) is 2.32. The first-order chi connectivity index (χ1) is 11.9. The number of pyridine rings is 1. The second-order valence-electron chi connectivity index (χ2n) is 5.85. The Hall–Kier alpha value is -1.83. The number of guanidine groups is 1. The van der Waals surface area contributed by atoms with E-state index < -0.39 is 0 Å². The molecule has 2 heterocycles. The van der Waals surface area contributed by atoms with E-state index in [9.17, 15) is 0 Å². The largest absolute Gasteiger partial charge is 0.490 e. The fraction of sp³-hybridized carbons (Fsp3) is 0.368. The van der Waals surface area contributed by atoms with E-state index >= 15 is 0 Å². The fourth-order valence-corrected chi connectivity index (χ4v) is 3.05. The van der Waals surface area contributed by atoms with Gasteiger partial charge < -0.3 is 15.0 Å². The molecule has 1 atom stereocenters. The Balaban J connectivity index is 0.00000225. The zero-order valence-corrected chi connectivity index (χ0v) is 16.8. The Bertz CT molecular complexity index is 651. The number of hydrogen-bond acceptors (Lipinski definition) is 3. The predicted octanol–water partition coefficient (Wildman–Crippen LogP) is 3.14. The highest BCUT2D eigenvalue weighted by Gasteiger charge is 2.25. The summed E-state index contributed by atoms with van der Waals surface area (Å²) in [5, 5.41) is 3.38. The molecular formula is C19H25IN4O. The molecule has 0 radical (unpaired) electrons. The number of aromatic nitrogens is 1. The van der Waals surface area contributed by atoms with Crippen LogP contribution in [-0.2, 0) is 0 Å². The molecule has 1 aromatic carbocycles. The summed E-state index contributed by atoms with van der Waals surface area (Å²) in [7, 11) is 1.83. The van der Waals surface area contributed by atoms with Gasteiger partial charge in [-0.2, -0.15) is 0 Å². The number of benzene rings is 1. The normalized spacial score (nSPS) is 17.1. The molecule has 5 nitrogen and oxygen atoms in total. The van der Waals surface area contributed by atoms with Crippen molar-refractivity contribution >= 4 is 29.9 Å². The van der Waals surface area contributed by atoms with E-state index in [1.54, 1.807) is 12.4 Å². The third-order valence-electron chi connectivity index (χ3n) is 4.26. The molecule has 0 aliphatic carbocycles. The van der Waals surface area contributed by atoms with E-state index in [2.05, 4.69) is 50.5 Å². The van der Waals surface area contributed by atoms with Crippen molar-refractivity contribution in [1.29, 1.82) is 0 Å². The molecule has 1 aromatic heterocycles. The first kappa shape index (κ1) is 19.5. The lowest BCUT2D eigenvalue weighted by atomic mass is 9.99. The molecule has 25 heavy (non-hydrogen) atoms. The molecule has 0 saturated carbocycles. The number of nitrogens with one attached hydrogen (secondary N) is 1. The van der Waals surface area contributed by atoms with E-state index in [1.165, 1.54) is 5.56 Å². The monoisotopic (exact) mass is 452 g/mol. The van der Waals surface area contributed by atoms with Gasteiger partial charge in [0.25, 0.3) is 0 Å². The summed E-state index contributed by atoms with van der Waals surface area (Å²) >= 11 is 0. The predicted molar refractivity (Wildman–Crippen MR) is 112 cm³/mol. The van der Waals surface area contributed by atoms with Crippen molar-refractivity contribution in [3.8, 4) is 5.75 Å². The number of likely N-dealkylation sites (tertiary alicyclic amines) is 1. The minimum atomic E-state index is 0. The van der Waals surface area contributed by atoms with Crippen LogP contribution in [0.15, 0.2) is 59.9 Å². The first-order valence-electron chi connectivity index (χ1n) is 8.40. The Morgan fingerprint density at radius 2 is 2.12 bits per heavy atom. The fourth-order valence-electron chi connectivity index (χ4n) is 3.05. The highest BCUT2D eigenvalue weighted by molar-refractivity contribution is 14.0. The maximum absolute atomic E-state index is 5.66. The van der Waals surface area contributed by atoms with Gasteiger partial charge in [0.05, 0.1) is 12.7 Å². The van der Waals surface area contributed by atoms with Crippen LogP contribution in [-0.4, -0.2) is 49.1 Å². The lowest BCUT2D eigenvalue weighted by Gasteiger charge is -2.21. The van der Waals surface area contributed by atoms with Crippen LogP contribution >= 0.6 is 24.0 Å². The molecule has 1 N–H and O–H groups in total. The maximum atomic E-state index is 5.66. The summed E-state index contributed by atoms with van der Waals surface area (Å²) in [5.41, 5.74) is 1.41. The lowest BCUT2D eigenvalue weighted by Crippen LogP contribution is -2.41. The van der Waals surface area contributed by atoms with E-state index in [0.717, 1.165) is 31.2 Å². The van der Waals surface area contributed by atoms with Gasteiger partial charge in [-0.05, 0) is 24.1 Å². The second-order valence-corrected chi connectivity index (χ2v) is 5.85. The second kappa shape index (κ2) is 10.2. The van der Waals surface area contributed by atoms with Crippen molar-refractivity contribution in [3.63, 3.8) is 0 Å². The van der Waals surface area contributed by atoms with E-state index in [-0.39, 0.29) is 24.0 Å². The number of nitrogens with zero attached hydrogens (tertiary/aromatic N) is 3. The van der Waals surface area contributed by atoms with Crippen molar-refractivity contribution in [3.05, 3.63) is 60.4 Å². The Morgan fingerprint density at radius 1 is 1.28 bits per heavy atom. The average molecular weight is 452 g/mol. The molecule has 3 rings (SSSR count). The van der Waals surface area contributed by atoms with Gasteiger partial charge in [0.1, 0.15) is 12.4 Å². The van der Waals surface area contributed by atoms with Crippen LogP contribution < -0.4 is 10.1 Å². The van der Waals surface area contributed by atoms with Crippen LogP contribution in [0.5, 0.6) is 5.75 Å². The number of rotatable bonds is 5. The summed E-state index contributed by atoms with van der Waals surface area (Å²) in [6, 6.07) is 14.5. The Kier molecular flexibility index (Phi) is 7.97. The maximum Gasteiger partial charge on any atom is 0.193 e. The standard InChI is InChI=1S/C19H24N4O.HI/c1-20-19(22-11-13-24-18-8-5-10-21-14-18)23-12-9-17(15-23)16-6-3-2-4-7-16;/h2-8,10,14,17H,9,11-13,15H2,1H3,(H,20,22);1H. The zero-order chi connectivity index (χ0) is 16.6. The van der Waals surface area contributed by atoms with Crippen LogP contribution in [0, 0.1) is 0 Å². The Morgan fingerprint density at radius 3 is 2.84 bits per heavy atom. The smallest absolute Gasteiger partial charge is 0.193 e. The topological polar surface area (TPSA) is 49.8 Å². The molecule has 0 bridgehead atoms. The number of aliphatic imine (C=N–C) groups is 1. The van der Waals surface area contributed by atoms with Crippen LogP contribution in [0.4, 0.5) is 0 Å². The molecule has 1 aliphatic heterocycles. The van der Waals surface area contributed by atoms with Gasteiger partial charge in [-0.1, -0.05) is 30.3 Å². The molecule has 134 valence electrons. The minimum Gasteiger partial charge on any atom is -0.490 e. The number of halogens is 1. The summed E-state index contributed by atoms with van der Waals surface area (Å²) in [6.07, 6.45) is 4.63. The Labute approximate surface area is 166 Å². The molecule has 0 amide bonds. The van der Waals surface area contributed by atoms with Crippen LogP contribution in [0.3, 0.4) is 0 Å². The molecule has 1 saturated heterocycles. The zero-order valence-electron chi connectivity index (χ0n) is 14.5. The number of ether oxygens (including phenoxy) is 1. The van der Waals surface area contributed by atoms with Crippen LogP contribution in [0.25, 0.3) is 0 Å². The first-order valence-corrected chi connectivity index (χ1v) is 8.40. The lowest BCUT2D eigenvalue weighted by molar-refractivity contribution is 0.318. The van der Waals surface area contributed by atoms with Crippen LogP contribution in [0.2, 0.25) is 0 Å². The van der Waals surface area contributed by atoms with E-state index in [0.29, 0.717) is 19.1 Å². The molecule has 1 fully saturated rings. The minimum absolute atomic E-state index is 0. The highest BCUT2D eigenvalue weighted by Crippen LogP contribution is 2.26. The molecular weight excluding hydrogens is 427 g/mol. The van der Waals surface area contributed by atoms with Gasteiger partial charge in [0.2, 0.25) is 0 Å². The van der Waals surface area contributed by atoms with Crippen LogP contribution in [0.1, 0.15) is 17.9 Å². The molecule has 1 unspecified atom stereocenters. The van der Waals surface area contributed by atoms with Crippen molar-refractivity contribution in [1.82, 2.24) is 15.2 Å². The quantitative estimate of drug-likeness (QED) is 0.328. The van der Waals surface area contributed by atoms with Crippen molar-refractivity contribution in [2.75, 3.05) is 33.3 Å². The van der Waals surface area contributed by atoms with E-state index in [4.69, 9.17) is 4.74 Å². The summed E-state index contributed by atoms with van der Waals surface area (Å²) in [6.45, 7) is 3.34. The summed E-state index contributed by atoms with van der Waals surface area (Å²) < 4.78 is 5.66. The number of hydrogen-bond donors (Lipinski definition) is 1. The van der Waals surface area contributed by atoms with Crippen molar-refractivity contribution in [2.24, 2.45) is 4.99 Å². The molecule has 0 spiro atoms. The van der Waals surface area contributed by atoms with Crippen molar-refractivity contribution in [2.45, 2.75) is 12.3 Å². The highest BCUT2D eigenvalue weighted by atomic mass is 127. The van der Waals surface area contributed by atoms with Gasteiger partial charge >= 0.3 is 0 Å². The average Bonchev–Trinajstić information content (AvgIpc) is 3.13. The molecule has 1 aliphatic rings. The van der Waals surface area contributed by atoms with Gasteiger partial charge in [0, 0.05) is 32.3 Å². The van der Waals surface area contributed by atoms with Gasteiger partial charge in [-0.15, -0.1) is 24.0 Å². The molecule has 6 heteroatoms. The molecule has 2 aromatic rings.